The molecular formula is C17H18ClN5O2S. The Morgan fingerprint density at radius 3 is 2.77 bits per heavy atom. The van der Waals surface area contributed by atoms with Crippen LogP contribution in [0.25, 0.3) is 11.4 Å². The molecule has 0 saturated heterocycles. The Morgan fingerprint density at radius 1 is 1.42 bits per heavy atom. The Bertz CT molecular complexity index is 906. The number of benzene rings is 1. The Morgan fingerprint density at radius 2 is 2.15 bits per heavy atom. The van der Waals surface area contributed by atoms with Crippen LogP contribution in [0.3, 0.4) is 0 Å². The Hall–Kier alpha value is -2.26. The predicted octanol–water partition coefficient (Wildman–Crippen LogP) is 2.42. The van der Waals surface area contributed by atoms with Crippen LogP contribution < -0.4 is 11.1 Å². The van der Waals surface area contributed by atoms with E-state index < -0.39 is 6.04 Å². The molecule has 0 spiro atoms. The normalized spacial score (nSPS) is 12.2. The van der Waals surface area contributed by atoms with Crippen LogP contribution in [0, 0.1) is 6.92 Å². The van der Waals surface area contributed by atoms with Crippen molar-refractivity contribution in [2.75, 3.05) is 6.54 Å². The molecule has 0 aliphatic rings. The second-order valence-corrected chi connectivity index (χ2v) is 7.18. The van der Waals surface area contributed by atoms with Crippen molar-refractivity contribution in [3.63, 3.8) is 0 Å². The quantitative estimate of drug-likeness (QED) is 0.514. The molecule has 0 radical (unpaired) electrons. The van der Waals surface area contributed by atoms with Crippen LogP contribution in [-0.2, 0) is 6.61 Å². The number of thiazole rings is 1. The van der Waals surface area contributed by atoms with Crippen molar-refractivity contribution < 1.29 is 9.90 Å². The second-order valence-electron chi connectivity index (χ2n) is 5.63. The fraction of sp³-hybridized carbons (Fsp3) is 0.235. The first-order chi connectivity index (χ1) is 12.5. The summed E-state index contributed by atoms with van der Waals surface area (Å²) in [5, 5.41) is 13.4. The number of amides is 1. The molecule has 26 heavy (non-hydrogen) atoms. The lowest BCUT2D eigenvalue weighted by Crippen LogP contribution is -2.33. The van der Waals surface area contributed by atoms with E-state index in [1.807, 2.05) is 19.1 Å². The summed E-state index contributed by atoms with van der Waals surface area (Å²) in [5.41, 5.74) is 7.68. The molecule has 2 aromatic heterocycles. The number of carbonyl (C=O) groups excluding carboxylic acids is 1. The monoisotopic (exact) mass is 391 g/mol. The number of aromatic amines is 1. The fourth-order valence-electron chi connectivity index (χ4n) is 2.39. The van der Waals surface area contributed by atoms with E-state index in [9.17, 15) is 9.90 Å². The van der Waals surface area contributed by atoms with E-state index in [2.05, 4.69) is 20.3 Å². The Kier molecular flexibility index (Phi) is 5.67. The molecule has 0 bridgehead atoms. The van der Waals surface area contributed by atoms with Gasteiger partial charge in [-0.3, -0.25) is 4.79 Å². The lowest BCUT2D eigenvalue weighted by molar-refractivity contribution is 0.0933. The molecule has 2 heterocycles. The lowest BCUT2D eigenvalue weighted by Gasteiger charge is -2.13. The summed E-state index contributed by atoms with van der Waals surface area (Å²) >= 11 is 7.22. The number of nitrogens with two attached hydrogens (primary N) is 1. The molecule has 5 N–H and O–H groups in total. The standard InChI is InChI=1S/C17H18ClN5O2S/c1-9-14(8-24)26-17(21-9)12(6-19)23-16(25)13-7-20-15(22-13)10-2-4-11(18)5-3-10/h2-5,7,12,24H,6,8,19H2,1H3,(H,20,22)(H,23,25). The first-order valence-electron chi connectivity index (χ1n) is 7.90. The van der Waals surface area contributed by atoms with E-state index in [0.717, 1.165) is 16.1 Å². The van der Waals surface area contributed by atoms with Crippen molar-refractivity contribution in [2.24, 2.45) is 5.73 Å². The van der Waals surface area contributed by atoms with Crippen LogP contribution in [0.2, 0.25) is 5.02 Å². The number of aryl methyl sites for hydroxylation is 1. The number of aromatic nitrogens is 3. The number of aliphatic hydroxyl groups excluding tert-OH is 1. The molecule has 0 aliphatic heterocycles. The number of aliphatic hydroxyl groups is 1. The fourth-order valence-corrected chi connectivity index (χ4v) is 3.51. The third-order valence-corrected chi connectivity index (χ3v) is 5.34. The SMILES string of the molecule is Cc1nc(C(CN)NC(=O)c2cnc(-c3ccc(Cl)cc3)[nH]2)sc1CO. The van der Waals surface area contributed by atoms with Gasteiger partial charge in [0.2, 0.25) is 0 Å². The highest BCUT2D eigenvalue weighted by Gasteiger charge is 2.20. The zero-order chi connectivity index (χ0) is 18.7. The van der Waals surface area contributed by atoms with Crippen LogP contribution >= 0.6 is 22.9 Å². The summed E-state index contributed by atoms with van der Waals surface area (Å²) in [4.78, 5) is 24.9. The predicted molar refractivity (Wildman–Crippen MR) is 101 cm³/mol. The number of hydrogen-bond acceptors (Lipinski definition) is 6. The lowest BCUT2D eigenvalue weighted by atomic mass is 10.2. The van der Waals surface area contributed by atoms with Crippen LogP contribution in [0.1, 0.15) is 32.1 Å². The number of rotatable bonds is 6. The van der Waals surface area contributed by atoms with Crippen molar-refractivity contribution >= 4 is 28.8 Å². The smallest absolute Gasteiger partial charge is 0.269 e. The van der Waals surface area contributed by atoms with Crippen molar-refractivity contribution in [1.82, 2.24) is 20.3 Å². The van der Waals surface area contributed by atoms with Gasteiger partial charge in [-0.1, -0.05) is 11.6 Å². The molecule has 1 amide bonds. The molecule has 7 nitrogen and oxygen atoms in total. The van der Waals surface area contributed by atoms with E-state index in [1.165, 1.54) is 17.5 Å². The summed E-state index contributed by atoms with van der Waals surface area (Å²) < 4.78 is 0. The molecule has 3 rings (SSSR count). The molecule has 3 aromatic rings. The molecular weight excluding hydrogens is 374 g/mol. The summed E-state index contributed by atoms with van der Waals surface area (Å²) in [7, 11) is 0. The molecule has 1 atom stereocenters. The number of nitrogens with zero attached hydrogens (tertiary/aromatic N) is 2. The van der Waals surface area contributed by atoms with Crippen LogP contribution in [0.5, 0.6) is 0 Å². The first-order valence-corrected chi connectivity index (χ1v) is 9.10. The van der Waals surface area contributed by atoms with Gasteiger partial charge < -0.3 is 21.1 Å². The number of halogens is 1. The molecule has 0 fully saturated rings. The van der Waals surface area contributed by atoms with Gasteiger partial charge in [0, 0.05) is 17.1 Å². The summed E-state index contributed by atoms with van der Waals surface area (Å²) in [6, 6.07) is 6.72. The summed E-state index contributed by atoms with van der Waals surface area (Å²) in [5.74, 6) is 0.246. The van der Waals surface area contributed by atoms with Crippen molar-refractivity contribution in [1.29, 1.82) is 0 Å². The highest BCUT2D eigenvalue weighted by atomic mass is 35.5. The highest BCUT2D eigenvalue weighted by Crippen LogP contribution is 2.24. The minimum absolute atomic E-state index is 0.0836. The average Bonchev–Trinajstić information content (AvgIpc) is 3.27. The zero-order valence-electron chi connectivity index (χ0n) is 14.0. The van der Waals surface area contributed by atoms with Gasteiger partial charge in [-0.2, -0.15) is 0 Å². The molecule has 1 unspecified atom stereocenters. The highest BCUT2D eigenvalue weighted by molar-refractivity contribution is 7.11. The van der Waals surface area contributed by atoms with Crippen LogP contribution in [0.4, 0.5) is 0 Å². The summed E-state index contributed by atoms with van der Waals surface area (Å²) in [6.45, 7) is 1.93. The number of nitrogens with one attached hydrogen (secondary N) is 2. The van der Waals surface area contributed by atoms with Crippen LogP contribution in [-0.4, -0.2) is 32.5 Å². The topological polar surface area (TPSA) is 117 Å². The maximum Gasteiger partial charge on any atom is 0.269 e. The maximum absolute atomic E-state index is 12.5. The molecule has 1 aromatic carbocycles. The van der Waals surface area contributed by atoms with Crippen molar-refractivity contribution in [3.05, 3.63) is 56.8 Å². The van der Waals surface area contributed by atoms with Crippen molar-refractivity contribution in [3.8, 4) is 11.4 Å². The number of hydrogen-bond donors (Lipinski definition) is 4. The van der Waals surface area contributed by atoms with Gasteiger partial charge >= 0.3 is 0 Å². The third kappa shape index (κ3) is 3.94. The van der Waals surface area contributed by atoms with Gasteiger partial charge in [0.15, 0.2) is 0 Å². The van der Waals surface area contributed by atoms with E-state index in [1.54, 1.807) is 12.1 Å². The summed E-state index contributed by atoms with van der Waals surface area (Å²) in [6.07, 6.45) is 1.47. The van der Waals surface area contributed by atoms with Crippen LogP contribution in [0.15, 0.2) is 30.5 Å². The number of carbonyl (C=O) groups is 1. The molecule has 136 valence electrons. The Labute approximate surface area is 159 Å². The molecule has 9 heteroatoms. The minimum atomic E-state index is -0.436. The van der Waals surface area contributed by atoms with Gasteiger partial charge in [0.1, 0.15) is 16.5 Å². The van der Waals surface area contributed by atoms with Gasteiger partial charge in [0.25, 0.3) is 5.91 Å². The van der Waals surface area contributed by atoms with E-state index in [-0.39, 0.29) is 19.1 Å². The average molecular weight is 392 g/mol. The molecule has 0 saturated carbocycles. The second kappa shape index (κ2) is 7.96. The van der Waals surface area contributed by atoms with Crippen molar-refractivity contribution in [2.45, 2.75) is 19.6 Å². The van der Waals surface area contributed by atoms with Gasteiger partial charge in [-0.25, -0.2) is 9.97 Å². The Balaban J connectivity index is 1.75. The van der Waals surface area contributed by atoms with E-state index in [4.69, 9.17) is 17.3 Å². The molecule has 0 aliphatic carbocycles. The largest absolute Gasteiger partial charge is 0.391 e. The van der Waals surface area contributed by atoms with E-state index >= 15 is 0 Å². The zero-order valence-corrected chi connectivity index (χ0v) is 15.6. The van der Waals surface area contributed by atoms with E-state index in [0.29, 0.717) is 21.5 Å². The minimum Gasteiger partial charge on any atom is -0.391 e. The first kappa shape index (κ1) is 18.5. The maximum atomic E-state index is 12.5. The van der Waals surface area contributed by atoms with Gasteiger partial charge in [-0.05, 0) is 31.2 Å². The number of H-pyrrole nitrogens is 1. The third-order valence-electron chi connectivity index (χ3n) is 3.83. The van der Waals surface area contributed by atoms with Gasteiger partial charge in [0.05, 0.1) is 29.4 Å². The van der Waals surface area contributed by atoms with Gasteiger partial charge in [-0.15, -0.1) is 11.3 Å². The number of imidazole rings is 1.